The van der Waals surface area contributed by atoms with E-state index in [9.17, 15) is 14.4 Å². The highest BCUT2D eigenvalue weighted by molar-refractivity contribution is 6.30. The Hall–Kier alpha value is -2.42. The second-order valence-corrected chi connectivity index (χ2v) is 7.12. The predicted octanol–water partition coefficient (Wildman–Crippen LogP) is 4.47. The van der Waals surface area contributed by atoms with Gasteiger partial charge in [0.15, 0.2) is 11.8 Å². The first-order valence-electron chi connectivity index (χ1n) is 7.73. The lowest BCUT2D eigenvalue weighted by Crippen LogP contribution is -2.39. The number of hydrazine groups is 1. The molecule has 0 radical (unpaired) electrons. The van der Waals surface area contributed by atoms with Gasteiger partial charge in [-0.1, -0.05) is 56.6 Å². The van der Waals surface area contributed by atoms with Crippen LogP contribution in [-0.2, 0) is 5.41 Å². The zero-order valence-corrected chi connectivity index (χ0v) is 15.0. The van der Waals surface area contributed by atoms with Crippen LogP contribution in [0.5, 0.6) is 0 Å². The Balaban J connectivity index is 2.09. The molecule has 0 bridgehead atoms. The zero-order chi connectivity index (χ0) is 18.6. The van der Waals surface area contributed by atoms with Gasteiger partial charge in [0.05, 0.1) is 11.8 Å². The fourth-order valence-corrected chi connectivity index (χ4v) is 2.46. The van der Waals surface area contributed by atoms with E-state index < -0.39 is 11.9 Å². The van der Waals surface area contributed by atoms with E-state index in [0.717, 1.165) is 11.6 Å². The van der Waals surface area contributed by atoms with Gasteiger partial charge >= 0.3 is 0 Å². The van der Waals surface area contributed by atoms with Crippen molar-refractivity contribution < 1.29 is 9.18 Å². The van der Waals surface area contributed by atoms with E-state index in [1.807, 2.05) is 18.2 Å². The number of hydrogen-bond donors (Lipinski definition) is 2. The number of carbonyl (C=O) groups excluding carboxylic acids is 1. The summed E-state index contributed by atoms with van der Waals surface area (Å²) in [6.45, 7) is 6.24. The van der Waals surface area contributed by atoms with E-state index in [0.29, 0.717) is 11.3 Å². The van der Waals surface area contributed by atoms with Gasteiger partial charge in [-0.15, -0.1) is 0 Å². The van der Waals surface area contributed by atoms with Crippen molar-refractivity contribution >= 4 is 23.1 Å². The third-order valence-electron chi connectivity index (χ3n) is 3.65. The standard InChI is InChI=1S/C19H19ClFN3O/c1-19(2,3)13-6-4-12(5-7-13)18(25)17(11-22)24-23-16-9-14(20)8-15(21)10-16/h4-10,17,23-24H,1-3H3. The Morgan fingerprint density at radius 2 is 1.84 bits per heavy atom. The Morgan fingerprint density at radius 1 is 1.20 bits per heavy atom. The molecule has 0 aromatic heterocycles. The molecular formula is C19H19ClFN3O. The van der Waals surface area contributed by atoms with Gasteiger partial charge in [0.25, 0.3) is 0 Å². The van der Waals surface area contributed by atoms with E-state index in [1.54, 1.807) is 12.1 Å². The monoisotopic (exact) mass is 359 g/mol. The molecule has 25 heavy (non-hydrogen) atoms. The molecule has 0 spiro atoms. The van der Waals surface area contributed by atoms with Crippen molar-refractivity contribution in [1.82, 2.24) is 5.43 Å². The van der Waals surface area contributed by atoms with E-state index in [2.05, 4.69) is 31.6 Å². The number of halogens is 2. The first-order valence-corrected chi connectivity index (χ1v) is 8.10. The molecule has 1 unspecified atom stereocenters. The first kappa shape index (κ1) is 18.9. The number of hydrogen-bond acceptors (Lipinski definition) is 4. The van der Waals surface area contributed by atoms with Gasteiger partial charge < -0.3 is 5.43 Å². The molecule has 0 aliphatic rings. The predicted molar refractivity (Wildman–Crippen MR) is 97.0 cm³/mol. The highest BCUT2D eigenvalue weighted by Crippen LogP contribution is 2.22. The van der Waals surface area contributed by atoms with Crippen molar-refractivity contribution in [1.29, 1.82) is 5.26 Å². The van der Waals surface area contributed by atoms with Crippen molar-refractivity contribution in [3.63, 3.8) is 0 Å². The third kappa shape index (κ3) is 5.02. The fraction of sp³-hybridized carbons (Fsp3) is 0.263. The van der Waals surface area contributed by atoms with E-state index >= 15 is 0 Å². The van der Waals surface area contributed by atoms with Crippen molar-refractivity contribution in [2.45, 2.75) is 32.2 Å². The lowest BCUT2D eigenvalue weighted by molar-refractivity contribution is 0.0969. The van der Waals surface area contributed by atoms with Gasteiger partial charge in [0, 0.05) is 10.6 Å². The van der Waals surface area contributed by atoms with Crippen LogP contribution in [0.15, 0.2) is 42.5 Å². The topological polar surface area (TPSA) is 64.9 Å². The number of anilines is 1. The summed E-state index contributed by atoms with van der Waals surface area (Å²) < 4.78 is 13.3. The van der Waals surface area contributed by atoms with Gasteiger partial charge in [0.2, 0.25) is 0 Å². The van der Waals surface area contributed by atoms with E-state index in [1.165, 1.54) is 12.1 Å². The van der Waals surface area contributed by atoms with Crippen molar-refractivity contribution in [3.8, 4) is 6.07 Å². The maximum absolute atomic E-state index is 13.3. The van der Waals surface area contributed by atoms with Gasteiger partial charge in [-0.3, -0.25) is 4.79 Å². The number of nitriles is 1. The van der Waals surface area contributed by atoms with Crippen LogP contribution in [0.25, 0.3) is 0 Å². The Labute approximate surface area is 151 Å². The number of ketones is 1. The second-order valence-electron chi connectivity index (χ2n) is 6.68. The Kier molecular flexibility index (Phi) is 5.78. The molecule has 2 aromatic rings. The molecule has 0 aliphatic carbocycles. The molecule has 2 aromatic carbocycles. The van der Waals surface area contributed by atoms with Gasteiger partial charge in [-0.25, -0.2) is 9.82 Å². The molecule has 4 nitrogen and oxygen atoms in total. The highest BCUT2D eigenvalue weighted by atomic mass is 35.5. The minimum absolute atomic E-state index is 0.0212. The number of nitrogens with zero attached hydrogens (tertiary/aromatic N) is 1. The molecule has 2 N–H and O–H groups in total. The summed E-state index contributed by atoms with van der Waals surface area (Å²) in [5, 5.41) is 9.47. The van der Waals surface area contributed by atoms with Crippen LogP contribution in [0.1, 0.15) is 36.7 Å². The van der Waals surface area contributed by atoms with Crippen molar-refractivity contribution in [3.05, 3.63) is 64.4 Å². The van der Waals surface area contributed by atoms with Crippen molar-refractivity contribution in [2.75, 3.05) is 5.43 Å². The van der Waals surface area contributed by atoms with Crippen LogP contribution >= 0.6 is 11.6 Å². The SMILES string of the molecule is CC(C)(C)c1ccc(C(=O)C(C#N)NNc2cc(F)cc(Cl)c2)cc1. The van der Waals surface area contributed by atoms with Crippen LogP contribution in [-0.4, -0.2) is 11.8 Å². The van der Waals surface area contributed by atoms with Crippen LogP contribution in [0.3, 0.4) is 0 Å². The minimum Gasteiger partial charge on any atom is -0.320 e. The first-order chi connectivity index (χ1) is 11.7. The van der Waals surface area contributed by atoms with Crippen LogP contribution in [0, 0.1) is 17.1 Å². The molecule has 0 fully saturated rings. The Morgan fingerprint density at radius 3 is 2.36 bits per heavy atom. The molecule has 2 rings (SSSR count). The maximum atomic E-state index is 13.3. The van der Waals surface area contributed by atoms with Crippen LogP contribution in [0.2, 0.25) is 5.02 Å². The molecule has 0 saturated carbocycles. The summed E-state index contributed by atoms with van der Waals surface area (Å²) >= 11 is 5.77. The summed E-state index contributed by atoms with van der Waals surface area (Å²) in [6.07, 6.45) is 0. The summed E-state index contributed by atoms with van der Waals surface area (Å²) in [5.74, 6) is -0.896. The quantitative estimate of drug-likeness (QED) is 0.610. The number of rotatable bonds is 5. The number of nitrogens with one attached hydrogen (secondary N) is 2. The minimum atomic E-state index is -1.12. The van der Waals surface area contributed by atoms with Gasteiger partial charge in [0.1, 0.15) is 5.82 Å². The smallest absolute Gasteiger partial charge is 0.195 e. The zero-order valence-electron chi connectivity index (χ0n) is 14.2. The second kappa shape index (κ2) is 7.64. The molecule has 0 saturated heterocycles. The molecule has 130 valence electrons. The summed E-state index contributed by atoms with van der Waals surface area (Å²) in [4.78, 5) is 12.5. The number of Topliss-reactive ketones (excluding diaryl/α,β-unsaturated/α-hetero) is 1. The highest BCUT2D eigenvalue weighted by Gasteiger charge is 2.20. The molecule has 0 heterocycles. The maximum Gasteiger partial charge on any atom is 0.195 e. The lowest BCUT2D eigenvalue weighted by atomic mass is 9.86. The number of benzene rings is 2. The van der Waals surface area contributed by atoms with E-state index in [4.69, 9.17) is 11.6 Å². The van der Waals surface area contributed by atoms with Gasteiger partial charge in [-0.05, 0) is 29.2 Å². The van der Waals surface area contributed by atoms with Gasteiger partial charge in [-0.2, -0.15) is 5.26 Å². The summed E-state index contributed by atoms with van der Waals surface area (Å²) in [7, 11) is 0. The van der Waals surface area contributed by atoms with Crippen LogP contribution < -0.4 is 10.9 Å². The van der Waals surface area contributed by atoms with E-state index in [-0.39, 0.29) is 16.2 Å². The van der Waals surface area contributed by atoms with Crippen molar-refractivity contribution in [2.24, 2.45) is 0 Å². The van der Waals surface area contributed by atoms with Crippen LogP contribution in [0.4, 0.5) is 10.1 Å². The molecular weight excluding hydrogens is 341 g/mol. The summed E-state index contributed by atoms with van der Waals surface area (Å²) in [5.41, 5.74) is 7.06. The average molecular weight is 360 g/mol. The molecule has 1 atom stereocenters. The third-order valence-corrected chi connectivity index (χ3v) is 3.87. The lowest BCUT2D eigenvalue weighted by Gasteiger charge is -2.19. The molecule has 6 heteroatoms. The Bertz CT molecular complexity index is 787. The summed E-state index contributed by atoms with van der Waals surface area (Å²) in [6, 6.07) is 11.8. The number of carbonyl (C=O) groups is 1. The largest absolute Gasteiger partial charge is 0.320 e. The average Bonchev–Trinajstić information content (AvgIpc) is 2.53. The molecule has 0 amide bonds. The fourth-order valence-electron chi connectivity index (χ4n) is 2.24. The normalized spacial score (nSPS) is 12.3. The molecule has 0 aliphatic heterocycles.